The number of unbranched alkanes of at least 4 members (excludes halogenated alkanes) is 12. The molecule has 81 heavy (non-hydrogen) atoms. The Morgan fingerprint density at radius 2 is 0.728 bits per heavy atom. The van der Waals surface area contributed by atoms with E-state index in [9.17, 15) is 55.2 Å². The summed E-state index contributed by atoms with van der Waals surface area (Å²) < 4.78 is 89.0. The number of hydrogen-bond donors (Lipinski definition) is 3. The predicted octanol–water partition coefficient (Wildman–Crippen LogP) is 4.57. The monoisotopic (exact) mass is 1200 g/mol. The fourth-order valence-corrected chi connectivity index (χ4v) is 9.54. The minimum atomic E-state index is -4.51. The third-order valence-corrected chi connectivity index (χ3v) is 14.7. The van der Waals surface area contributed by atoms with Crippen molar-refractivity contribution in [3.05, 3.63) is 0 Å². The number of aliphatic hydroxyl groups is 1. The van der Waals surface area contributed by atoms with Crippen molar-refractivity contribution in [3.63, 3.8) is 0 Å². The van der Waals surface area contributed by atoms with Crippen LogP contribution in [-0.2, 0) is 86.7 Å². The molecule has 0 aromatic carbocycles. The Labute approximate surface area is 480 Å². The topological polar surface area (TPSA) is 334 Å². The van der Waals surface area contributed by atoms with E-state index in [4.69, 9.17) is 37.9 Å². The van der Waals surface area contributed by atoms with Gasteiger partial charge in [-0.15, -0.1) is 0 Å². The van der Waals surface area contributed by atoms with Crippen LogP contribution in [0.2, 0.25) is 0 Å². The fraction of sp³-hybridized carbons (Fsp3) is 0.852. The number of nitrogens with zero attached hydrogens (tertiary/aromatic N) is 4. The first-order chi connectivity index (χ1) is 38.5. The molecule has 470 valence electrons. The maximum absolute atomic E-state index is 11.8. The number of methoxy groups -OCH3 is 1. The minimum absolute atomic E-state index is 0.00109. The standard InChI is InChI=1S/2C14H25NO4.C13H23NO7S.C13H23NO6S/c1-3-4-5-6-8-19-14(17)12-10-13(16)15(11-12)7-9-18-2;1-2-3-4-5-9-19-14(18)12-10-13(17)15(11-12)7-6-8-16;1-2-3-4-5-7-20-13(16)11-9-12(15)14(10-11)6-8-21-22(17,18)19;1-2-3-4-5-7-20-13(16)11-9-12(15)14(10-11)6-8-21(17,18)19/h12H,3-11H2,1-2H3;12,16H,2-11H2,1H3;11H,2-10H2,1H3,(H,17,18,19);11H,2-10H2,1H3,(H,17,18,19). The summed E-state index contributed by atoms with van der Waals surface area (Å²) in [6.45, 7) is 12.6. The summed E-state index contributed by atoms with van der Waals surface area (Å²) in [6, 6.07) is 0. The first-order valence-corrected chi connectivity index (χ1v) is 32.0. The molecule has 0 saturated carbocycles. The number of hydrogen-bond acceptors (Lipinski definition) is 19. The van der Waals surface area contributed by atoms with Gasteiger partial charge in [-0.2, -0.15) is 16.8 Å². The molecule has 4 heterocycles. The molecule has 4 rings (SSSR count). The second kappa shape index (κ2) is 43.2. The molecule has 3 N–H and O–H groups in total. The Hall–Kier alpha value is -4.54. The molecule has 4 atom stereocenters. The Morgan fingerprint density at radius 3 is 1.00 bits per heavy atom. The molecule has 4 amide bonds. The molecule has 0 aromatic heterocycles. The van der Waals surface area contributed by atoms with Crippen LogP contribution < -0.4 is 0 Å². The van der Waals surface area contributed by atoms with E-state index in [1.165, 1.54) is 22.6 Å². The van der Waals surface area contributed by atoms with Gasteiger partial charge in [-0.1, -0.05) is 105 Å². The smallest absolute Gasteiger partial charge is 0.397 e. The van der Waals surface area contributed by atoms with Crippen molar-refractivity contribution >= 4 is 68.0 Å². The van der Waals surface area contributed by atoms with Crippen LogP contribution in [0.1, 0.15) is 163 Å². The highest BCUT2D eigenvalue weighted by molar-refractivity contribution is 7.85. The first kappa shape index (κ1) is 74.5. The number of likely N-dealkylation sites (tertiary alicyclic amines) is 4. The maximum atomic E-state index is 11.8. The molecule has 4 unspecified atom stereocenters. The lowest BCUT2D eigenvalue weighted by atomic mass is 10.1. The molecule has 0 aromatic rings. The van der Waals surface area contributed by atoms with E-state index in [0.717, 1.165) is 89.9 Å². The van der Waals surface area contributed by atoms with Crippen molar-refractivity contribution < 1.29 is 97.3 Å². The van der Waals surface area contributed by atoms with E-state index < -0.39 is 50.0 Å². The summed E-state index contributed by atoms with van der Waals surface area (Å²) in [6.07, 6.45) is 17.9. The van der Waals surface area contributed by atoms with Crippen molar-refractivity contribution in [2.75, 3.05) is 111 Å². The van der Waals surface area contributed by atoms with Gasteiger partial charge in [0, 0.05) is 91.8 Å². The van der Waals surface area contributed by atoms with Crippen LogP contribution in [0.5, 0.6) is 0 Å². The number of amides is 4. The lowest BCUT2D eigenvalue weighted by molar-refractivity contribution is -0.149. The highest BCUT2D eigenvalue weighted by Crippen LogP contribution is 2.23. The van der Waals surface area contributed by atoms with Gasteiger partial charge in [-0.3, -0.25) is 47.5 Å². The van der Waals surface area contributed by atoms with Crippen molar-refractivity contribution in [1.29, 1.82) is 0 Å². The zero-order valence-corrected chi connectivity index (χ0v) is 50.4. The molecule has 0 spiro atoms. The summed E-state index contributed by atoms with van der Waals surface area (Å²) in [7, 11) is -7.02. The molecule has 4 aliphatic rings. The second-order valence-electron chi connectivity index (χ2n) is 20.5. The van der Waals surface area contributed by atoms with Crippen LogP contribution in [0.15, 0.2) is 0 Å². The Morgan fingerprint density at radius 1 is 0.432 bits per heavy atom. The van der Waals surface area contributed by atoms with Gasteiger partial charge in [0.25, 0.3) is 10.1 Å². The highest BCUT2D eigenvalue weighted by Gasteiger charge is 2.38. The first-order valence-electron chi connectivity index (χ1n) is 29.0. The Balaban J connectivity index is 0.000000541. The van der Waals surface area contributed by atoms with E-state index in [-0.39, 0.29) is 112 Å². The average Bonchev–Trinajstić information content (AvgIpc) is 4.20. The zero-order valence-electron chi connectivity index (χ0n) is 48.8. The van der Waals surface area contributed by atoms with Gasteiger partial charge >= 0.3 is 34.3 Å². The van der Waals surface area contributed by atoms with E-state index >= 15 is 0 Å². The molecule has 25 nitrogen and oxygen atoms in total. The van der Waals surface area contributed by atoms with Crippen LogP contribution >= 0.6 is 0 Å². The summed E-state index contributed by atoms with van der Waals surface area (Å²) in [4.78, 5) is 99.8. The summed E-state index contributed by atoms with van der Waals surface area (Å²) >= 11 is 0. The van der Waals surface area contributed by atoms with Crippen LogP contribution in [0.25, 0.3) is 0 Å². The van der Waals surface area contributed by atoms with E-state index in [2.05, 4.69) is 31.9 Å². The third-order valence-electron chi connectivity index (χ3n) is 13.5. The van der Waals surface area contributed by atoms with Crippen LogP contribution in [-0.4, -0.2) is 210 Å². The van der Waals surface area contributed by atoms with Crippen LogP contribution in [0, 0.1) is 23.7 Å². The number of carbonyl (C=O) groups excluding carboxylic acids is 8. The average molecular weight is 1200 g/mol. The van der Waals surface area contributed by atoms with E-state index in [0.29, 0.717) is 65.6 Å². The predicted molar refractivity (Wildman–Crippen MR) is 297 cm³/mol. The van der Waals surface area contributed by atoms with Crippen LogP contribution in [0.4, 0.5) is 0 Å². The SMILES string of the molecule is CCCCCCOC(=O)C1CC(=O)N(CCCO)C1.CCCCCCOC(=O)C1CC(=O)N(CCOC)C1.CCCCCCOC(=O)C1CC(=O)N(CCOS(=O)(=O)O)C1.CCCCCCOC(=O)C1CC(=O)N(CCS(=O)(=O)O)C1. The molecule has 0 bridgehead atoms. The number of rotatable bonds is 37. The van der Waals surface area contributed by atoms with Gasteiger partial charge < -0.3 is 48.4 Å². The van der Waals surface area contributed by atoms with Gasteiger partial charge in [0.2, 0.25) is 23.6 Å². The van der Waals surface area contributed by atoms with E-state index in [1.54, 1.807) is 16.9 Å². The largest absolute Gasteiger partial charge is 0.465 e. The van der Waals surface area contributed by atoms with Crippen LogP contribution in [0.3, 0.4) is 0 Å². The third kappa shape index (κ3) is 34.6. The molecule has 0 radical (unpaired) electrons. The van der Waals surface area contributed by atoms with Gasteiger partial charge in [0.05, 0.1) is 69.1 Å². The number of ether oxygens (including phenoxy) is 5. The lowest BCUT2D eigenvalue weighted by Crippen LogP contribution is -2.31. The lowest BCUT2D eigenvalue weighted by Gasteiger charge is -2.15. The fourth-order valence-electron chi connectivity index (χ4n) is 8.80. The molecule has 4 aliphatic heterocycles. The van der Waals surface area contributed by atoms with Crippen molar-refractivity contribution in [2.24, 2.45) is 23.7 Å². The van der Waals surface area contributed by atoms with Gasteiger partial charge in [-0.25, -0.2) is 4.18 Å². The van der Waals surface area contributed by atoms with Gasteiger partial charge in [-0.05, 0) is 32.1 Å². The zero-order chi connectivity index (χ0) is 60.6. The number of esters is 4. The normalized spacial score (nSPS) is 18.9. The molecule has 27 heteroatoms. The molecule has 4 saturated heterocycles. The quantitative estimate of drug-likeness (QED) is 0.0332. The van der Waals surface area contributed by atoms with Crippen molar-refractivity contribution in [1.82, 2.24) is 19.6 Å². The molecular formula is C54H96N4O21S2. The highest BCUT2D eigenvalue weighted by atomic mass is 32.3. The van der Waals surface area contributed by atoms with Crippen molar-refractivity contribution in [3.8, 4) is 0 Å². The summed E-state index contributed by atoms with van der Waals surface area (Å²) in [5, 5.41) is 8.75. The van der Waals surface area contributed by atoms with E-state index in [1.807, 2.05) is 0 Å². The maximum Gasteiger partial charge on any atom is 0.397 e. The van der Waals surface area contributed by atoms with Gasteiger partial charge in [0.1, 0.15) is 0 Å². The summed E-state index contributed by atoms with van der Waals surface area (Å²) in [5.41, 5.74) is 0. The van der Waals surface area contributed by atoms with Crippen molar-refractivity contribution in [2.45, 2.75) is 163 Å². The number of carbonyl (C=O) groups is 8. The Kier molecular flexibility index (Phi) is 39.7. The number of aliphatic hydroxyl groups excluding tert-OH is 1. The van der Waals surface area contributed by atoms with Gasteiger partial charge in [0.15, 0.2) is 0 Å². The Bertz CT molecular complexity index is 2040. The molecule has 0 aliphatic carbocycles. The molecular weight excluding hydrogens is 1100 g/mol. The summed E-state index contributed by atoms with van der Waals surface area (Å²) in [5.74, 6) is -4.03. The molecule has 4 fully saturated rings. The second-order valence-corrected chi connectivity index (χ2v) is 23.1. The minimum Gasteiger partial charge on any atom is -0.465 e.